The van der Waals surface area contributed by atoms with E-state index in [1.54, 1.807) is 31.2 Å². The summed E-state index contributed by atoms with van der Waals surface area (Å²) in [7, 11) is 0. The van der Waals surface area contributed by atoms with Gasteiger partial charge in [-0.05, 0) is 18.1 Å². The van der Waals surface area contributed by atoms with Gasteiger partial charge in [-0.3, -0.25) is 14.5 Å². The van der Waals surface area contributed by atoms with E-state index in [4.69, 9.17) is 5.73 Å². The Bertz CT molecular complexity index is 740. The fraction of sp³-hybridized carbons (Fsp3) is 0.312. The van der Waals surface area contributed by atoms with E-state index in [0.29, 0.717) is 16.9 Å². The van der Waals surface area contributed by atoms with Crippen molar-refractivity contribution in [3.8, 4) is 0 Å². The van der Waals surface area contributed by atoms with Gasteiger partial charge in [0.25, 0.3) is 5.91 Å². The van der Waals surface area contributed by atoms with E-state index in [1.165, 1.54) is 16.7 Å². The zero-order chi connectivity index (χ0) is 17.4. The van der Waals surface area contributed by atoms with Crippen molar-refractivity contribution in [2.45, 2.75) is 24.4 Å². The van der Waals surface area contributed by atoms with E-state index in [0.717, 1.165) is 0 Å². The van der Waals surface area contributed by atoms with Gasteiger partial charge in [0.15, 0.2) is 0 Å². The number of aliphatic carboxylic acids is 1. The van der Waals surface area contributed by atoms with Crippen molar-refractivity contribution in [3.05, 3.63) is 47.2 Å². The molecule has 1 saturated heterocycles. The van der Waals surface area contributed by atoms with Gasteiger partial charge in [0.05, 0.1) is 0 Å². The van der Waals surface area contributed by atoms with E-state index >= 15 is 0 Å². The Kier molecular flexibility index (Phi) is 6.88. The predicted octanol–water partition coefficient (Wildman–Crippen LogP) is -0.204. The Labute approximate surface area is 191 Å². The van der Waals surface area contributed by atoms with Gasteiger partial charge in [-0.1, -0.05) is 30.3 Å². The van der Waals surface area contributed by atoms with Crippen molar-refractivity contribution >= 4 is 80.9 Å². The van der Waals surface area contributed by atoms with Gasteiger partial charge in [0.1, 0.15) is 23.2 Å². The SMILES string of the molecule is CC1=C(C(=O)O)N2C(=O)[C@@H](NC(=O)[C@H](N)c3ccccc3)[C@H]2SC1.[KH]. The number of nitrogens with one attached hydrogen (secondary N) is 1. The van der Waals surface area contributed by atoms with Crippen LogP contribution in [0.2, 0.25) is 0 Å². The molecular weight excluding hydrogens is 369 g/mol. The van der Waals surface area contributed by atoms with Crippen LogP contribution in [0.15, 0.2) is 41.6 Å². The summed E-state index contributed by atoms with van der Waals surface area (Å²) in [5.41, 5.74) is 7.24. The third kappa shape index (κ3) is 3.87. The molecule has 1 fully saturated rings. The number of β-lactam (4-membered cyclic amide) rings is 1. The van der Waals surface area contributed by atoms with E-state index in [1.807, 2.05) is 6.07 Å². The normalized spacial score (nSPS) is 23.1. The van der Waals surface area contributed by atoms with Crippen molar-refractivity contribution in [3.63, 3.8) is 0 Å². The zero-order valence-electron chi connectivity index (χ0n) is 12.9. The van der Waals surface area contributed by atoms with Crippen LogP contribution in [-0.4, -0.2) is 96.3 Å². The average molecular weight is 388 g/mol. The van der Waals surface area contributed by atoms with E-state index < -0.39 is 35.2 Å². The van der Waals surface area contributed by atoms with Crippen LogP contribution >= 0.6 is 11.8 Å². The van der Waals surface area contributed by atoms with Crippen molar-refractivity contribution in [2.75, 3.05) is 5.75 Å². The quantitative estimate of drug-likeness (QED) is 0.487. The second-order valence-corrected chi connectivity index (χ2v) is 6.82. The van der Waals surface area contributed by atoms with E-state index in [2.05, 4.69) is 5.32 Å². The summed E-state index contributed by atoms with van der Waals surface area (Å²) in [6.45, 7) is 1.69. The van der Waals surface area contributed by atoms with Gasteiger partial charge < -0.3 is 16.2 Å². The molecule has 0 aliphatic carbocycles. The minimum absolute atomic E-state index is 0. The van der Waals surface area contributed by atoms with Crippen molar-refractivity contribution in [2.24, 2.45) is 5.73 Å². The number of fused-ring (bicyclic) bond motifs is 1. The first kappa shape index (κ1) is 20.6. The number of nitrogens with two attached hydrogens (primary N) is 1. The molecule has 9 heteroatoms. The summed E-state index contributed by atoms with van der Waals surface area (Å²) in [6, 6.07) is 7.23. The van der Waals surface area contributed by atoms with E-state index in [-0.39, 0.29) is 57.1 Å². The number of nitrogens with zero attached hydrogens (tertiary/aromatic N) is 1. The van der Waals surface area contributed by atoms with Crippen LogP contribution in [0.3, 0.4) is 0 Å². The molecule has 0 aromatic heterocycles. The number of carbonyl (C=O) groups excluding carboxylic acids is 2. The van der Waals surface area contributed by atoms with Crippen LogP contribution in [0, 0.1) is 0 Å². The van der Waals surface area contributed by atoms with Crippen LogP contribution in [0.25, 0.3) is 0 Å². The molecular formula is C16H18KN3O4S. The fourth-order valence-corrected chi connectivity index (χ4v) is 4.12. The van der Waals surface area contributed by atoms with Gasteiger partial charge in [-0.15, -0.1) is 11.8 Å². The first-order valence-corrected chi connectivity index (χ1v) is 8.45. The standard InChI is InChI=1S/C16H17N3O4S.K.H/c1-8-7-24-15-11(14(21)19(15)12(8)16(22)23)18-13(20)10(17)9-5-3-2-4-6-9;;/h2-6,10-11,15H,7,17H2,1H3,(H,18,20)(H,22,23);;/t10-,11-,15-;;/m1../s1. The molecule has 3 rings (SSSR count). The summed E-state index contributed by atoms with van der Waals surface area (Å²) in [6.07, 6.45) is 0. The molecule has 2 heterocycles. The number of hydrogen-bond acceptors (Lipinski definition) is 5. The molecule has 7 nitrogen and oxygen atoms in total. The number of carbonyl (C=O) groups is 3. The number of rotatable bonds is 4. The summed E-state index contributed by atoms with van der Waals surface area (Å²) < 4.78 is 0. The summed E-state index contributed by atoms with van der Waals surface area (Å²) in [4.78, 5) is 37.2. The molecule has 0 bridgehead atoms. The molecule has 0 saturated carbocycles. The van der Waals surface area contributed by atoms with Gasteiger partial charge in [-0.2, -0.15) is 0 Å². The van der Waals surface area contributed by atoms with Gasteiger partial charge in [0, 0.05) is 5.75 Å². The second-order valence-electron chi connectivity index (χ2n) is 5.72. The Morgan fingerprint density at radius 2 is 2.00 bits per heavy atom. The molecule has 128 valence electrons. The van der Waals surface area contributed by atoms with Gasteiger partial charge >= 0.3 is 57.4 Å². The zero-order valence-corrected chi connectivity index (χ0v) is 13.7. The molecule has 3 atom stereocenters. The summed E-state index contributed by atoms with van der Waals surface area (Å²) in [5, 5.41) is 11.5. The summed E-state index contributed by atoms with van der Waals surface area (Å²) >= 11 is 1.43. The summed E-state index contributed by atoms with van der Waals surface area (Å²) in [5.74, 6) is -1.50. The van der Waals surface area contributed by atoms with Crippen LogP contribution in [-0.2, 0) is 14.4 Å². The van der Waals surface area contributed by atoms with Crippen molar-refractivity contribution in [1.82, 2.24) is 10.2 Å². The van der Waals surface area contributed by atoms with Crippen LogP contribution in [0.5, 0.6) is 0 Å². The molecule has 2 aliphatic rings. The number of carboxylic acid groups (broad SMARTS) is 1. The monoisotopic (exact) mass is 387 g/mol. The maximum absolute atomic E-state index is 12.3. The Morgan fingerprint density at radius 3 is 2.60 bits per heavy atom. The molecule has 0 radical (unpaired) electrons. The van der Waals surface area contributed by atoms with Crippen LogP contribution in [0.1, 0.15) is 18.5 Å². The second kappa shape index (κ2) is 8.34. The Morgan fingerprint density at radius 1 is 1.36 bits per heavy atom. The topological polar surface area (TPSA) is 113 Å². The molecule has 4 N–H and O–H groups in total. The predicted molar refractivity (Wildman–Crippen MR) is 95.9 cm³/mol. The van der Waals surface area contributed by atoms with Gasteiger partial charge in [0.2, 0.25) is 5.91 Å². The molecule has 1 aromatic rings. The van der Waals surface area contributed by atoms with Crippen molar-refractivity contribution < 1.29 is 19.5 Å². The number of amides is 2. The van der Waals surface area contributed by atoms with Crippen LogP contribution in [0.4, 0.5) is 0 Å². The first-order chi connectivity index (χ1) is 11.4. The first-order valence-electron chi connectivity index (χ1n) is 7.40. The average Bonchev–Trinajstić information content (AvgIpc) is 2.59. The molecule has 0 spiro atoms. The molecule has 2 aliphatic heterocycles. The van der Waals surface area contributed by atoms with E-state index in [9.17, 15) is 19.5 Å². The molecule has 2 amide bonds. The van der Waals surface area contributed by atoms with Crippen molar-refractivity contribution in [1.29, 1.82) is 0 Å². The number of hydrogen-bond donors (Lipinski definition) is 3. The Hall–Kier alpha value is -0.684. The van der Waals surface area contributed by atoms with Crippen LogP contribution < -0.4 is 11.1 Å². The number of thioether (sulfide) groups is 1. The molecule has 25 heavy (non-hydrogen) atoms. The molecule has 0 unspecified atom stereocenters. The number of carboxylic acids is 1. The minimum atomic E-state index is -1.13. The maximum atomic E-state index is 12.3. The van der Waals surface area contributed by atoms with Gasteiger partial charge in [-0.25, -0.2) is 4.79 Å². The third-order valence-corrected chi connectivity index (χ3v) is 5.52. The third-order valence-electron chi connectivity index (χ3n) is 4.10. The Balaban J connectivity index is 0.00000225. The molecule has 1 aromatic carbocycles. The fourth-order valence-electron chi connectivity index (χ4n) is 2.83. The number of benzene rings is 1.